The summed E-state index contributed by atoms with van der Waals surface area (Å²) >= 11 is 5.34. The first-order chi connectivity index (χ1) is 7.64. The lowest BCUT2D eigenvalue weighted by molar-refractivity contribution is -0.111. The number of benzene rings is 1. The fourth-order valence-electron chi connectivity index (χ4n) is 1.79. The molecule has 0 N–H and O–H groups in total. The molecule has 0 saturated carbocycles. The molecule has 0 spiro atoms. The third kappa shape index (κ3) is 2.84. The SMILES string of the molecule is CCC(C#N)(CCC(=O)Cl)c1ccccc1. The van der Waals surface area contributed by atoms with Crippen LogP contribution in [0.4, 0.5) is 0 Å². The summed E-state index contributed by atoms with van der Waals surface area (Å²) in [6.45, 7) is 1.95. The maximum atomic E-state index is 10.8. The maximum Gasteiger partial charge on any atom is 0.221 e. The average Bonchev–Trinajstić information content (AvgIpc) is 2.32. The lowest BCUT2D eigenvalue weighted by atomic mass is 9.76. The highest BCUT2D eigenvalue weighted by Gasteiger charge is 2.30. The molecule has 1 unspecified atom stereocenters. The summed E-state index contributed by atoms with van der Waals surface area (Å²) in [6.07, 6.45) is 1.39. The molecule has 1 atom stereocenters. The predicted molar refractivity (Wildman–Crippen MR) is 64.1 cm³/mol. The van der Waals surface area contributed by atoms with Gasteiger partial charge in [-0.3, -0.25) is 4.79 Å². The minimum Gasteiger partial charge on any atom is -0.281 e. The highest BCUT2D eigenvalue weighted by molar-refractivity contribution is 6.63. The highest BCUT2D eigenvalue weighted by Crippen LogP contribution is 2.32. The van der Waals surface area contributed by atoms with E-state index in [1.807, 2.05) is 37.3 Å². The summed E-state index contributed by atoms with van der Waals surface area (Å²) in [5, 5.41) is 8.95. The molecule has 1 rings (SSSR count). The highest BCUT2D eigenvalue weighted by atomic mass is 35.5. The molecule has 0 bridgehead atoms. The van der Waals surface area contributed by atoms with E-state index in [1.165, 1.54) is 0 Å². The fraction of sp³-hybridized carbons (Fsp3) is 0.385. The Balaban J connectivity index is 2.98. The molecular formula is C13H14ClNO. The van der Waals surface area contributed by atoms with Gasteiger partial charge in [0.2, 0.25) is 5.24 Å². The van der Waals surface area contributed by atoms with Crippen LogP contribution < -0.4 is 0 Å². The third-order valence-corrected chi connectivity index (χ3v) is 3.08. The standard InChI is InChI=1S/C13H14ClNO/c1-2-13(10-15,9-8-12(14)16)11-6-4-3-5-7-11/h3-7H,2,8-9H2,1H3. The van der Waals surface area contributed by atoms with Crippen LogP contribution in [-0.2, 0) is 10.2 Å². The van der Waals surface area contributed by atoms with Gasteiger partial charge < -0.3 is 0 Å². The Bertz CT molecular complexity index is 396. The van der Waals surface area contributed by atoms with E-state index >= 15 is 0 Å². The molecule has 0 aliphatic heterocycles. The summed E-state index contributed by atoms with van der Waals surface area (Å²) in [5.41, 5.74) is 0.365. The van der Waals surface area contributed by atoms with E-state index in [0.29, 0.717) is 12.8 Å². The number of carbonyl (C=O) groups excluding carboxylic acids is 1. The number of halogens is 1. The maximum absolute atomic E-state index is 10.8. The van der Waals surface area contributed by atoms with E-state index in [1.54, 1.807) is 0 Å². The van der Waals surface area contributed by atoms with Gasteiger partial charge in [0, 0.05) is 6.42 Å². The lowest BCUT2D eigenvalue weighted by Crippen LogP contribution is -2.23. The molecule has 3 heteroatoms. The third-order valence-electron chi connectivity index (χ3n) is 2.89. The van der Waals surface area contributed by atoms with Crippen molar-refractivity contribution in [2.24, 2.45) is 0 Å². The monoisotopic (exact) mass is 235 g/mol. The molecular weight excluding hydrogens is 222 g/mol. The first-order valence-electron chi connectivity index (χ1n) is 5.30. The molecule has 0 aromatic heterocycles. The summed E-state index contributed by atoms with van der Waals surface area (Å²) in [5.74, 6) is 0. The van der Waals surface area contributed by atoms with E-state index in [-0.39, 0.29) is 11.7 Å². The van der Waals surface area contributed by atoms with Crippen LogP contribution in [0.1, 0.15) is 31.7 Å². The van der Waals surface area contributed by atoms with Gasteiger partial charge in [-0.15, -0.1) is 0 Å². The first-order valence-corrected chi connectivity index (χ1v) is 5.67. The van der Waals surface area contributed by atoms with Gasteiger partial charge in [0.25, 0.3) is 0 Å². The number of carbonyl (C=O) groups is 1. The minimum atomic E-state index is -0.591. The second kappa shape index (κ2) is 5.67. The number of hydrogen-bond donors (Lipinski definition) is 0. The fourth-order valence-corrected chi connectivity index (χ4v) is 1.89. The molecule has 16 heavy (non-hydrogen) atoms. The van der Waals surface area contributed by atoms with Gasteiger partial charge in [0.15, 0.2) is 0 Å². The van der Waals surface area contributed by atoms with Crippen molar-refractivity contribution in [3.8, 4) is 6.07 Å². The van der Waals surface area contributed by atoms with Gasteiger partial charge in [-0.05, 0) is 30.0 Å². The van der Waals surface area contributed by atoms with Gasteiger partial charge in [-0.2, -0.15) is 5.26 Å². The number of nitriles is 1. The normalized spacial score (nSPS) is 13.8. The van der Waals surface area contributed by atoms with Crippen molar-refractivity contribution >= 4 is 16.8 Å². The summed E-state index contributed by atoms with van der Waals surface area (Å²) in [4.78, 5) is 10.8. The topological polar surface area (TPSA) is 40.9 Å². The van der Waals surface area contributed by atoms with Crippen LogP contribution in [0.5, 0.6) is 0 Å². The van der Waals surface area contributed by atoms with E-state index < -0.39 is 5.41 Å². The Morgan fingerprint density at radius 1 is 1.44 bits per heavy atom. The molecule has 0 saturated heterocycles. The summed E-state index contributed by atoms with van der Waals surface area (Å²) < 4.78 is 0. The zero-order chi connectivity index (χ0) is 12.0. The Morgan fingerprint density at radius 3 is 2.50 bits per heavy atom. The number of hydrogen-bond acceptors (Lipinski definition) is 2. The van der Waals surface area contributed by atoms with Gasteiger partial charge in [-0.1, -0.05) is 37.3 Å². The van der Waals surface area contributed by atoms with Crippen LogP contribution in [-0.4, -0.2) is 5.24 Å². The van der Waals surface area contributed by atoms with Crippen molar-refractivity contribution in [2.45, 2.75) is 31.6 Å². The molecule has 0 amide bonds. The van der Waals surface area contributed by atoms with Crippen molar-refractivity contribution in [2.75, 3.05) is 0 Å². The average molecular weight is 236 g/mol. The molecule has 0 aliphatic carbocycles. The van der Waals surface area contributed by atoms with Crippen molar-refractivity contribution < 1.29 is 4.79 Å². The summed E-state index contributed by atoms with van der Waals surface area (Å²) in [7, 11) is 0. The largest absolute Gasteiger partial charge is 0.281 e. The van der Waals surface area contributed by atoms with Gasteiger partial charge in [0.1, 0.15) is 0 Å². The van der Waals surface area contributed by atoms with E-state index in [9.17, 15) is 10.1 Å². The zero-order valence-electron chi connectivity index (χ0n) is 9.24. The minimum absolute atomic E-state index is 0.234. The Hall–Kier alpha value is -1.33. The molecule has 84 valence electrons. The molecule has 2 nitrogen and oxygen atoms in total. The molecule has 0 radical (unpaired) electrons. The van der Waals surface area contributed by atoms with Crippen LogP contribution in [0.25, 0.3) is 0 Å². The van der Waals surface area contributed by atoms with Crippen molar-refractivity contribution in [3.63, 3.8) is 0 Å². The summed E-state index contributed by atoms with van der Waals surface area (Å²) in [6, 6.07) is 11.9. The number of rotatable bonds is 5. The molecule has 0 heterocycles. The zero-order valence-corrected chi connectivity index (χ0v) is 10.00. The van der Waals surface area contributed by atoms with Gasteiger partial charge >= 0.3 is 0 Å². The van der Waals surface area contributed by atoms with Gasteiger partial charge in [-0.25, -0.2) is 0 Å². The molecule has 1 aromatic rings. The van der Waals surface area contributed by atoms with E-state index in [0.717, 1.165) is 5.56 Å². The van der Waals surface area contributed by atoms with Crippen LogP contribution >= 0.6 is 11.6 Å². The quantitative estimate of drug-likeness (QED) is 0.734. The smallest absolute Gasteiger partial charge is 0.221 e. The van der Waals surface area contributed by atoms with Crippen LogP contribution in [0.3, 0.4) is 0 Å². The molecule has 0 fully saturated rings. The molecule has 1 aromatic carbocycles. The Morgan fingerprint density at radius 2 is 2.06 bits per heavy atom. The van der Waals surface area contributed by atoms with Crippen molar-refractivity contribution in [1.29, 1.82) is 5.26 Å². The first kappa shape index (κ1) is 12.7. The second-order valence-corrected chi connectivity index (χ2v) is 4.19. The predicted octanol–water partition coefficient (Wildman–Crippen LogP) is 3.40. The van der Waals surface area contributed by atoms with Gasteiger partial charge in [0.05, 0.1) is 11.5 Å². The van der Waals surface area contributed by atoms with E-state index in [2.05, 4.69) is 6.07 Å². The Kier molecular flexibility index (Phi) is 4.52. The van der Waals surface area contributed by atoms with Crippen LogP contribution in [0.15, 0.2) is 30.3 Å². The van der Waals surface area contributed by atoms with Crippen LogP contribution in [0.2, 0.25) is 0 Å². The van der Waals surface area contributed by atoms with Crippen molar-refractivity contribution in [1.82, 2.24) is 0 Å². The van der Waals surface area contributed by atoms with Crippen molar-refractivity contribution in [3.05, 3.63) is 35.9 Å². The van der Waals surface area contributed by atoms with E-state index in [4.69, 9.17) is 11.6 Å². The van der Waals surface area contributed by atoms with Crippen LogP contribution in [0, 0.1) is 11.3 Å². The lowest BCUT2D eigenvalue weighted by Gasteiger charge is -2.24. The Labute approximate surface area is 101 Å². The molecule has 0 aliphatic rings. The second-order valence-electron chi connectivity index (χ2n) is 3.77. The number of nitrogens with zero attached hydrogens (tertiary/aromatic N) is 1.